The van der Waals surface area contributed by atoms with Crippen LogP contribution in [0.15, 0.2) is 12.2 Å². The van der Waals surface area contributed by atoms with E-state index < -0.39 is 5.97 Å². The minimum absolute atomic E-state index is 0. The molecule has 1 N–H and O–H groups in total. The van der Waals surface area contributed by atoms with E-state index in [0.29, 0.717) is 0 Å². The van der Waals surface area contributed by atoms with E-state index in [1.165, 1.54) is 0 Å². The van der Waals surface area contributed by atoms with Crippen molar-refractivity contribution in [2.24, 2.45) is 5.92 Å². The van der Waals surface area contributed by atoms with Crippen LogP contribution >= 0.6 is 0 Å². The van der Waals surface area contributed by atoms with Gasteiger partial charge in [0.05, 0.1) is 5.92 Å². The molecule has 0 fully saturated rings. The topological polar surface area (TPSA) is 37.3 Å². The van der Waals surface area contributed by atoms with Crippen molar-refractivity contribution in [2.75, 3.05) is 0 Å². The van der Waals surface area contributed by atoms with Gasteiger partial charge in [-0.3, -0.25) is 4.79 Å². The molecule has 0 radical (unpaired) electrons. The zero-order chi connectivity index (χ0) is 8.69. The molecule has 0 aliphatic heterocycles. The number of hydrogen-bond donors (Lipinski definition) is 1. The Hall–Kier alpha value is 0.210. The first-order valence-corrected chi connectivity index (χ1v) is 4.08. The van der Waals surface area contributed by atoms with Crippen molar-refractivity contribution in [3.63, 3.8) is 0 Å². The van der Waals surface area contributed by atoms with Gasteiger partial charge in [0, 0.05) is 0 Å². The number of hydrogen-bond acceptors (Lipinski definition) is 1. The van der Waals surface area contributed by atoms with Crippen LogP contribution in [0.4, 0.5) is 0 Å². The van der Waals surface area contributed by atoms with Crippen molar-refractivity contribution < 1.29 is 9.90 Å². The molecule has 0 aliphatic carbocycles. The van der Waals surface area contributed by atoms with Gasteiger partial charge in [-0.1, -0.05) is 31.9 Å². The van der Waals surface area contributed by atoms with Gasteiger partial charge in [-0.15, -0.1) is 0 Å². The first-order chi connectivity index (χ1) is 5.18. The molecule has 2 nitrogen and oxygen atoms in total. The summed E-state index contributed by atoms with van der Waals surface area (Å²) in [5.41, 5.74) is 0. The van der Waals surface area contributed by atoms with Crippen molar-refractivity contribution in [3.8, 4) is 0 Å². The summed E-state index contributed by atoms with van der Waals surface area (Å²) < 4.78 is 0. The van der Waals surface area contributed by atoms with Crippen molar-refractivity contribution in [1.29, 1.82) is 0 Å². The number of allylic oxidation sites excluding steroid dienone is 1. The average molecular weight is 180 g/mol. The molecule has 66 valence electrons. The Balaban J connectivity index is 0. The van der Waals surface area contributed by atoms with E-state index in [4.69, 9.17) is 5.11 Å². The molecule has 3 heteroatoms. The van der Waals surface area contributed by atoms with Crippen molar-refractivity contribution in [2.45, 2.75) is 33.1 Å². The first-order valence-electron chi connectivity index (χ1n) is 4.08. The molecule has 1 atom stereocenters. The maximum absolute atomic E-state index is 10.3. The van der Waals surface area contributed by atoms with E-state index in [-0.39, 0.29) is 35.5 Å². The fraction of sp³-hybridized carbons (Fsp3) is 0.667. The van der Waals surface area contributed by atoms with Gasteiger partial charge in [0.25, 0.3) is 0 Å². The molecular weight excluding hydrogens is 163 g/mol. The zero-order valence-corrected chi connectivity index (χ0v) is 7.21. The number of rotatable bonds is 5. The van der Waals surface area contributed by atoms with Crippen LogP contribution in [-0.4, -0.2) is 40.6 Å². The van der Waals surface area contributed by atoms with Gasteiger partial charge in [0.15, 0.2) is 0 Å². The summed E-state index contributed by atoms with van der Waals surface area (Å²) in [6.07, 6.45) is 6.99. The summed E-state index contributed by atoms with van der Waals surface area (Å²) in [4.78, 5) is 10.3. The molecule has 0 amide bonds. The van der Waals surface area contributed by atoms with E-state index in [2.05, 4.69) is 6.92 Å². The third kappa shape index (κ3) is 8.31. The quantitative estimate of drug-likeness (QED) is 0.398. The molecule has 1 unspecified atom stereocenters. The van der Waals surface area contributed by atoms with E-state index in [0.717, 1.165) is 19.3 Å². The average Bonchev–Trinajstić information content (AvgIpc) is 1.97. The summed E-state index contributed by atoms with van der Waals surface area (Å²) in [6, 6.07) is 0. The third-order valence-corrected chi connectivity index (χ3v) is 1.54. The second kappa shape index (κ2) is 9.30. The molecule has 12 heavy (non-hydrogen) atoms. The molecule has 0 rings (SSSR count). The maximum atomic E-state index is 10.3. The van der Waals surface area contributed by atoms with Gasteiger partial charge in [-0.05, 0) is 13.3 Å². The molecule has 0 aromatic rings. The first kappa shape index (κ1) is 14.7. The second-order valence-corrected chi connectivity index (χ2v) is 2.70. The second-order valence-electron chi connectivity index (χ2n) is 2.70. The van der Waals surface area contributed by atoms with Crippen LogP contribution in [0.25, 0.3) is 0 Å². The molecule has 0 aliphatic rings. The summed E-state index contributed by atoms with van der Waals surface area (Å²) >= 11 is 0. The predicted molar refractivity (Wildman–Crippen MR) is 52.6 cm³/mol. The Morgan fingerprint density at radius 1 is 1.58 bits per heavy atom. The summed E-state index contributed by atoms with van der Waals surface area (Å²) in [5.74, 6) is -1.09. The molecule has 0 spiro atoms. The number of carboxylic acid groups (broad SMARTS) is 1. The van der Waals surface area contributed by atoms with Crippen LogP contribution in [0.1, 0.15) is 33.1 Å². The molecule has 0 aromatic carbocycles. The minimum atomic E-state index is -0.752. The van der Waals surface area contributed by atoms with Gasteiger partial charge in [-0.2, -0.15) is 0 Å². The van der Waals surface area contributed by atoms with E-state index in [1.54, 1.807) is 13.0 Å². The Morgan fingerprint density at radius 3 is 2.58 bits per heavy atom. The Kier molecular flexibility index (Phi) is 11.4. The Morgan fingerprint density at radius 2 is 2.17 bits per heavy atom. The van der Waals surface area contributed by atoms with Crippen molar-refractivity contribution in [1.82, 2.24) is 0 Å². The van der Waals surface area contributed by atoms with Gasteiger partial charge in [-0.25, -0.2) is 0 Å². The SMILES string of the molecule is CCCCC=CC(C)C(=O)O.[NaH]. The van der Waals surface area contributed by atoms with Crippen LogP contribution in [-0.2, 0) is 4.79 Å². The van der Waals surface area contributed by atoms with E-state index >= 15 is 0 Å². The van der Waals surface area contributed by atoms with Gasteiger partial charge in [0.1, 0.15) is 0 Å². The molecule has 0 heterocycles. The van der Waals surface area contributed by atoms with Gasteiger partial charge >= 0.3 is 35.5 Å². The Bertz CT molecular complexity index is 143. The van der Waals surface area contributed by atoms with Crippen LogP contribution < -0.4 is 0 Å². The van der Waals surface area contributed by atoms with Crippen molar-refractivity contribution >= 4 is 35.5 Å². The third-order valence-electron chi connectivity index (χ3n) is 1.54. The number of carboxylic acids is 1. The predicted octanol–water partition coefficient (Wildman–Crippen LogP) is 1.80. The summed E-state index contributed by atoms with van der Waals surface area (Å²) in [6.45, 7) is 3.80. The Labute approximate surface area is 96.3 Å². The fourth-order valence-electron chi connectivity index (χ4n) is 0.705. The van der Waals surface area contributed by atoms with Crippen molar-refractivity contribution in [3.05, 3.63) is 12.2 Å². The molecule has 0 aromatic heterocycles. The molecular formula is C9H17NaO2. The van der Waals surface area contributed by atoms with E-state index in [9.17, 15) is 4.79 Å². The zero-order valence-electron chi connectivity index (χ0n) is 7.21. The van der Waals surface area contributed by atoms with Crippen LogP contribution in [0.3, 0.4) is 0 Å². The standard InChI is InChI=1S/C9H16O2.Na.H/c1-3-4-5-6-7-8(2)9(10)11;;/h6-8H,3-5H2,1-2H3,(H,10,11);;. The fourth-order valence-corrected chi connectivity index (χ4v) is 0.705. The van der Waals surface area contributed by atoms with Crippen LogP contribution in [0.5, 0.6) is 0 Å². The number of unbranched alkanes of at least 4 members (excludes halogenated alkanes) is 2. The monoisotopic (exact) mass is 180 g/mol. The summed E-state index contributed by atoms with van der Waals surface area (Å²) in [7, 11) is 0. The van der Waals surface area contributed by atoms with E-state index in [1.807, 2.05) is 6.08 Å². The molecule has 0 saturated carbocycles. The normalized spacial score (nSPS) is 12.5. The number of aliphatic carboxylic acids is 1. The van der Waals surface area contributed by atoms with Crippen LogP contribution in [0, 0.1) is 5.92 Å². The molecule has 0 saturated heterocycles. The van der Waals surface area contributed by atoms with Gasteiger partial charge in [0.2, 0.25) is 0 Å². The molecule has 0 bridgehead atoms. The van der Waals surface area contributed by atoms with Crippen LogP contribution in [0.2, 0.25) is 0 Å². The van der Waals surface area contributed by atoms with Gasteiger partial charge < -0.3 is 5.11 Å². The summed E-state index contributed by atoms with van der Waals surface area (Å²) in [5, 5.41) is 8.49. The number of carbonyl (C=O) groups is 1.